The normalized spacial score (nSPS) is 19.6. The molecule has 1 aliphatic heterocycles. The molecule has 26 heavy (non-hydrogen) atoms. The minimum absolute atomic E-state index is 0.0611. The molecular weight excluding hydrogens is 335 g/mol. The van der Waals surface area contributed by atoms with Gasteiger partial charge in [0.25, 0.3) is 5.91 Å². The summed E-state index contributed by atoms with van der Waals surface area (Å²) in [5, 5.41) is 4.02. The van der Waals surface area contributed by atoms with E-state index in [0.29, 0.717) is 18.8 Å². The maximum absolute atomic E-state index is 13.0. The molecule has 1 amide bonds. The molecule has 2 unspecified atom stereocenters. The van der Waals surface area contributed by atoms with Gasteiger partial charge in [0, 0.05) is 11.6 Å². The van der Waals surface area contributed by atoms with E-state index >= 15 is 0 Å². The van der Waals surface area contributed by atoms with Gasteiger partial charge in [-0.05, 0) is 43.2 Å². The van der Waals surface area contributed by atoms with Crippen LogP contribution in [0.25, 0.3) is 0 Å². The van der Waals surface area contributed by atoms with Crippen molar-refractivity contribution in [1.29, 1.82) is 0 Å². The summed E-state index contributed by atoms with van der Waals surface area (Å²) in [5.41, 5.74) is 10.2. The second-order valence-corrected chi connectivity index (χ2v) is 5.89. The van der Waals surface area contributed by atoms with E-state index < -0.39 is 6.04 Å². The maximum Gasteiger partial charge on any atom is 0.258 e. The van der Waals surface area contributed by atoms with E-state index in [9.17, 15) is 9.18 Å². The first-order chi connectivity index (χ1) is 12.7. The van der Waals surface area contributed by atoms with Crippen LogP contribution in [-0.2, 0) is 4.79 Å². The van der Waals surface area contributed by atoms with Crippen LogP contribution in [0.4, 0.5) is 4.39 Å². The fourth-order valence-corrected chi connectivity index (χ4v) is 2.76. The number of nitrogens with one attached hydrogen (secondary N) is 3. The van der Waals surface area contributed by atoms with Crippen LogP contribution in [0.5, 0.6) is 5.75 Å². The average Bonchev–Trinajstić information content (AvgIpc) is 3.14. The van der Waals surface area contributed by atoms with E-state index in [-0.39, 0.29) is 17.8 Å². The number of hydrazine groups is 1. The van der Waals surface area contributed by atoms with Gasteiger partial charge in [-0.3, -0.25) is 4.79 Å². The average molecular weight is 356 g/mol. The molecule has 0 spiro atoms. The van der Waals surface area contributed by atoms with Crippen LogP contribution >= 0.6 is 0 Å². The molecule has 1 aliphatic rings. The quantitative estimate of drug-likeness (QED) is 0.548. The zero-order chi connectivity index (χ0) is 18.4. The largest absolute Gasteiger partial charge is 0.493 e. The Kier molecular flexibility index (Phi) is 5.93. The third-order valence-electron chi connectivity index (χ3n) is 4.09. The Hall–Kier alpha value is -2.77. The lowest BCUT2D eigenvalue weighted by Gasteiger charge is -2.09. The molecule has 2 aromatic carbocycles. The summed E-state index contributed by atoms with van der Waals surface area (Å²) in [6.07, 6.45) is 2.10. The summed E-state index contributed by atoms with van der Waals surface area (Å²) in [4.78, 5) is 12.3. The number of hydrogen-bond acceptors (Lipinski definition) is 5. The number of carbonyl (C=O) groups is 1. The van der Waals surface area contributed by atoms with Gasteiger partial charge in [-0.15, -0.1) is 0 Å². The van der Waals surface area contributed by atoms with E-state index in [0.717, 1.165) is 11.1 Å². The second-order valence-electron chi connectivity index (χ2n) is 5.89. The molecule has 0 radical (unpaired) electrons. The van der Waals surface area contributed by atoms with Crippen molar-refractivity contribution in [3.8, 4) is 5.75 Å². The lowest BCUT2D eigenvalue weighted by atomic mass is 10.0. The number of amides is 1. The number of hydrogen-bond donors (Lipinski definition) is 3. The molecule has 2 atom stereocenters. The zero-order valence-corrected chi connectivity index (χ0v) is 14.4. The van der Waals surface area contributed by atoms with Gasteiger partial charge >= 0.3 is 0 Å². The Labute approximate surface area is 151 Å². The third kappa shape index (κ3) is 4.44. The summed E-state index contributed by atoms with van der Waals surface area (Å²) < 4.78 is 18.5. The molecule has 2 aromatic rings. The van der Waals surface area contributed by atoms with Gasteiger partial charge in [0.15, 0.2) is 0 Å². The SMILES string of the molecule is CCOc1ccccc1/C=N/NC(=O)C1CC(c2ccc(F)cc2)NN1. The van der Waals surface area contributed by atoms with Crippen molar-refractivity contribution in [2.75, 3.05) is 6.61 Å². The van der Waals surface area contributed by atoms with Gasteiger partial charge in [-0.25, -0.2) is 20.7 Å². The third-order valence-corrected chi connectivity index (χ3v) is 4.09. The van der Waals surface area contributed by atoms with Crippen LogP contribution in [0.1, 0.15) is 30.5 Å². The molecule has 3 N–H and O–H groups in total. The maximum atomic E-state index is 13.0. The van der Waals surface area contributed by atoms with Crippen LogP contribution in [-0.4, -0.2) is 24.8 Å². The highest BCUT2D eigenvalue weighted by Crippen LogP contribution is 2.22. The van der Waals surface area contributed by atoms with E-state index in [1.54, 1.807) is 18.3 Å². The summed E-state index contributed by atoms with van der Waals surface area (Å²) in [6, 6.07) is 13.2. The predicted molar refractivity (Wildman–Crippen MR) is 97.2 cm³/mol. The van der Waals surface area contributed by atoms with Gasteiger partial charge in [0.1, 0.15) is 17.6 Å². The molecule has 1 saturated heterocycles. The van der Waals surface area contributed by atoms with Crippen molar-refractivity contribution in [3.63, 3.8) is 0 Å². The first-order valence-corrected chi connectivity index (χ1v) is 8.48. The Morgan fingerprint density at radius 3 is 2.81 bits per heavy atom. The minimum atomic E-state index is -0.427. The molecule has 3 rings (SSSR count). The summed E-state index contributed by atoms with van der Waals surface area (Å²) in [5.74, 6) is 0.188. The molecule has 1 fully saturated rings. The lowest BCUT2D eigenvalue weighted by Crippen LogP contribution is -2.41. The molecule has 6 nitrogen and oxygen atoms in total. The van der Waals surface area contributed by atoms with Gasteiger partial charge in [-0.2, -0.15) is 5.10 Å². The number of carbonyl (C=O) groups excluding carboxylic acids is 1. The van der Waals surface area contributed by atoms with Crippen LogP contribution in [0, 0.1) is 5.82 Å². The number of nitrogens with zero attached hydrogens (tertiary/aromatic N) is 1. The van der Waals surface area contributed by atoms with E-state index in [1.807, 2.05) is 31.2 Å². The Balaban J connectivity index is 1.55. The van der Waals surface area contributed by atoms with Crippen molar-refractivity contribution in [1.82, 2.24) is 16.3 Å². The smallest absolute Gasteiger partial charge is 0.258 e. The van der Waals surface area contributed by atoms with Gasteiger partial charge in [0.2, 0.25) is 0 Å². The fraction of sp³-hybridized carbons (Fsp3) is 0.263. The van der Waals surface area contributed by atoms with Crippen molar-refractivity contribution in [2.45, 2.75) is 25.4 Å². The van der Waals surface area contributed by atoms with Crippen LogP contribution < -0.4 is 21.0 Å². The highest BCUT2D eigenvalue weighted by molar-refractivity contribution is 5.86. The standard InChI is InChI=1S/C19H21FN4O2/c1-2-26-18-6-4-3-5-14(18)12-21-24-19(25)17-11-16(22-23-17)13-7-9-15(20)10-8-13/h3-10,12,16-17,22-23H,2,11H2,1H3,(H,24,25)/b21-12+. The van der Waals surface area contributed by atoms with Gasteiger partial charge < -0.3 is 4.74 Å². The van der Waals surface area contributed by atoms with Crippen LogP contribution in [0.15, 0.2) is 53.6 Å². The fourth-order valence-electron chi connectivity index (χ4n) is 2.76. The summed E-state index contributed by atoms with van der Waals surface area (Å²) in [6.45, 7) is 2.46. The number of ether oxygens (including phenoxy) is 1. The molecule has 0 bridgehead atoms. The van der Waals surface area contributed by atoms with E-state index in [1.165, 1.54) is 12.1 Å². The Morgan fingerprint density at radius 1 is 1.27 bits per heavy atom. The van der Waals surface area contributed by atoms with Crippen LogP contribution in [0.2, 0.25) is 0 Å². The number of benzene rings is 2. The van der Waals surface area contributed by atoms with Crippen molar-refractivity contribution in [2.24, 2.45) is 5.10 Å². The van der Waals surface area contributed by atoms with Gasteiger partial charge in [-0.1, -0.05) is 24.3 Å². The molecule has 0 aromatic heterocycles. The second kappa shape index (κ2) is 8.55. The van der Waals surface area contributed by atoms with Crippen LogP contribution in [0.3, 0.4) is 0 Å². The highest BCUT2D eigenvalue weighted by Gasteiger charge is 2.29. The molecule has 1 heterocycles. The minimum Gasteiger partial charge on any atom is -0.493 e. The van der Waals surface area contributed by atoms with E-state index in [2.05, 4.69) is 21.4 Å². The van der Waals surface area contributed by atoms with Crippen molar-refractivity contribution >= 4 is 12.1 Å². The van der Waals surface area contributed by atoms with E-state index in [4.69, 9.17) is 4.74 Å². The summed E-state index contributed by atoms with van der Waals surface area (Å²) >= 11 is 0. The molecule has 136 valence electrons. The lowest BCUT2D eigenvalue weighted by molar-refractivity contribution is -0.122. The molecular formula is C19H21FN4O2. The first kappa shape index (κ1) is 18.0. The van der Waals surface area contributed by atoms with Gasteiger partial charge in [0.05, 0.1) is 12.8 Å². The van der Waals surface area contributed by atoms with Crippen molar-refractivity contribution in [3.05, 3.63) is 65.5 Å². The Bertz CT molecular complexity index is 779. The topological polar surface area (TPSA) is 74.8 Å². The number of para-hydroxylation sites is 1. The van der Waals surface area contributed by atoms with Crippen molar-refractivity contribution < 1.29 is 13.9 Å². The highest BCUT2D eigenvalue weighted by atomic mass is 19.1. The monoisotopic (exact) mass is 356 g/mol. The number of hydrazone groups is 1. The molecule has 0 saturated carbocycles. The summed E-state index contributed by atoms with van der Waals surface area (Å²) in [7, 11) is 0. The zero-order valence-electron chi connectivity index (χ0n) is 14.4. The number of rotatable bonds is 6. The first-order valence-electron chi connectivity index (χ1n) is 8.48. The number of halogens is 1. The molecule has 7 heteroatoms. The Morgan fingerprint density at radius 2 is 2.04 bits per heavy atom. The molecule has 0 aliphatic carbocycles. The predicted octanol–water partition coefficient (Wildman–Crippen LogP) is 2.28.